The van der Waals surface area contributed by atoms with Crippen LogP contribution in [0.25, 0.3) is 0 Å². The first kappa shape index (κ1) is 10.9. The molecule has 0 aromatic heterocycles. The van der Waals surface area contributed by atoms with Crippen LogP contribution in [0.1, 0.15) is 25.8 Å². The van der Waals surface area contributed by atoms with Crippen molar-refractivity contribution >= 4 is 0 Å². The molecule has 17 heavy (non-hydrogen) atoms. The number of rotatable bonds is 2. The highest BCUT2D eigenvalue weighted by molar-refractivity contribution is 5.42. The van der Waals surface area contributed by atoms with Crippen molar-refractivity contribution in [2.45, 2.75) is 38.4 Å². The largest absolute Gasteiger partial charge is 0.488 e. The van der Waals surface area contributed by atoms with Crippen LogP contribution in [-0.2, 0) is 6.42 Å². The molecule has 3 rings (SSSR count). The second kappa shape index (κ2) is 3.91. The van der Waals surface area contributed by atoms with Crippen molar-refractivity contribution in [3.63, 3.8) is 0 Å². The molecular weight excluding hydrogens is 214 g/mol. The minimum absolute atomic E-state index is 0.0345. The van der Waals surface area contributed by atoms with Crippen molar-refractivity contribution in [2.75, 3.05) is 13.1 Å². The van der Waals surface area contributed by atoms with E-state index in [1.807, 2.05) is 12.1 Å². The van der Waals surface area contributed by atoms with Crippen molar-refractivity contribution in [1.29, 1.82) is 0 Å². The van der Waals surface area contributed by atoms with Gasteiger partial charge in [0.1, 0.15) is 23.2 Å². The third-order valence-corrected chi connectivity index (χ3v) is 3.46. The van der Waals surface area contributed by atoms with Crippen LogP contribution in [0.4, 0.5) is 0 Å². The van der Waals surface area contributed by atoms with Gasteiger partial charge in [-0.1, -0.05) is 0 Å². The van der Waals surface area contributed by atoms with Crippen molar-refractivity contribution in [2.24, 2.45) is 0 Å². The first-order valence-corrected chi connectivity index (χ1v) is 6.32. The molecule has 92 valence electrons. The maximum atomic E-state index is 5.95. The van der Waals surface area contributed by atoms with Gasteiger partial charge in [-0.15, -0.1) is 0 Å². The average molecular weight is 233 g/mol. The molecule has 3 heteroatoms. The molecule has 2 aliphatic rings. The number of benzene rings is 1. The summed E-state index contributed by atoms with van der Waals surface area (Å²) in [5.41, 5.74) is 1.24. The summed E-state index contributed by atoms with van der Waals surface area (Å²) in [5, 5.41) is 3.20. The summed E-state index contributed by atoms with van der Waals surface area (Å²) in [7, 11) is 0. The lowest BCUT2D eigenvalue weighted by atomic mass is 9.94. The van der Waals surface area contributed by atoms with E-state index >= 15 is 0 Å². The van der Waals surface area contributed by atoms with E-state index in [4.69, 9.17) is 9.47 Å². The number of aryl methyl sites for hydroxylation is 1. The fraction of sp³-hybridized carbons (Fsp3) is 0.571. The topological polar surface area (TPSA) is 30.5 Å². The molecule has 1 saturated heterocycles. The molecule has 3 nitrogen and oxygen atoms in total. The quantitative estimate of drug-likeness (QED) is 0.849. The SMILES string of the molecule is CC1(C)CCc2cc(OC3CNC3)ccc2O1. The summed E-state index contributed by atoms with van der Waals surface area (Å²) in [4.78, 5) is 0. The van der Waals surface area contributed by atoms with Gasteiger partial charge in [0.15, 0.2) is 0 Å². The Hall–Kier alpha value is -1.22. The normalized spacial score (nSPS) is 22.2. The first-order valence-electron chi connectivity index (χ1n) is 6.32. The van der Waals surface area contributed by atoms with Gasteiger partial charge in [-0.25, -0.2) is 0 Å². The standard InChI is InChI=1S/C14H19NO2/c1-14(2)6-5-10-7-11(3-4-13(10)17-14)16-12-8-15-9-12/h3-4,7,12,15H,5-6,8-9H2,1-2H3. The molecule has 1 N–H and O–H groups in total. The zero-order valence-corrected chi connectivity index (χ0v) is 10.5. The number of fused-ring (bicyclic) bond motifs is 1. The maximum absolute atomic E-state index is 5.95. The zero-order valence-electron chi connectivity index (χ0n) is 10.5. The van der Waals surface area contributed by atoms with Gasteiger partial charge in [-0.3, -0.25) is 0 Å². The predicted octanol–water partition coefficient (Wildman–Crippen LogP) is 2.14. The molecule has 0 atom stereocenters. The highest BCUT2D eigenvalue weighted by Crippen LogP contribution is 2.35. The van der Waals surface area contributed by atoms with E-state index in [1.165, 1.54) is 5.56 Å². The van der Waals surface area contributed by atoms with Gasteiger partial charge in [0.05, 0.1) is 0 Å². The van der Waals surface area contributed by atoms with Gasteiger partial charge in [0, 0.05) is 13.1 Å². The summed E-state index contributed by atoms with van der Waals surface area (Å²) in [5.74, 6) is 1.99. The molecule has 2 heterocycles. The molecule has 0 radical (unpaired) electrons. The average Bonchev–Trinajstić information content (AvgIpc) is 2.22. The van der Waals surface area contributed by atoms with Gasteiger partial charge in [-0.05, 0) is 50.5 Å². The first-order chi connectivity index (χ1) is 8.12. The van der Waals surface area contributed by atoms with Crippen LogP contribution in [0.5, 0.6) is 11.5 Å². The van der Waals surface area contributed by atoms with Gasteiger partial charge in [-0.2, -0.15) is 0 Å². The second-order valence-electron chi connectivity index (χ2n) is 5.53. The summed E-state index contributed by atoms with van der Waals surface area (Å²) in [6.45, 7) is 6.20. The predicted molar refractivity (Wildman–Crippen MR) is 66.8 cm³/mol. The van der Waals surface area contributed by atoms with Crippen LogP contribution in [0.3, 0.4) is 0 Å². The van der Waals surface area contributed by atoms with E-state index in [0.29, 0.717) is 6.10 Å². The summed E-state index contributed by atoms with van der Waals surface area (Å²) < 4.78 is 11.8. The van der Waals surface area contributed by atoms with Crippen molar-refractivity contribution in [3.8, 4) is 11.5 Å². The monoisotopic (exact) mass is 233 g/mol. The molecule has 1 fully saturated rings. The Morgan fingerprint density at radius 2 is 2.18 bits per heavy atom. The second-order valence-corrected chi connectivity index (χ2v) is 5.53. The van der Waals surface area contributed by atoms with Crippen LogP contribution in [-0.4, -0.2) is 24.8 Å². The molecule has 0 amide bonds. The van der Waals surface area contributed by atoms with E-state index < -0.39 is 0 Å². The lowest BCUT2D eigenvalue weighted by molar-refractivity contribution is 0.0839. The van der Waals surface area contributed by atoms with E-state index in [2.05, 4.69) is 25.2 Å². The van der Waals surface area contributed by atoms with E-state index in [0.717, 1.165) is 37.4 Å². The molecule has 0 spiro atoms. The highest BCUT2D eigenvalue weighted by atomic mass is 16.5. The van der Waals surface area contributed by atoms with E-state index in [-0.39, 0.29) is 5.60 Å². The van der Waals surface area contributed by atoms with Gasteiger partial charge in [0.2, 0.25) is 0 Å². The number of hydrogen-bond donors (Lipinski definition) is 1. The summed E-state index contributed by atoms with van der Waals surface area (Å²) in [6, 6.07) is 6.18. The third-order valence-electron chi connectivity index (χ3n) is 3.46. The molecule has 0 aliphatic carbocycles. The number of ether oxygens (including phenoxy) is 2. The Bertz CT molecular complexity index is 424. The minimum atomic E-state index is -0.0345. The zero-order chi connectivity index (χ0) is 11.9. The Morgan fingerprint density at radius 1 is 1.35 bits per heavy atom. The summed E-state index contributed by atoms with van der Waals surface area (Å²) >= 11 is 0. The van der Waals surface area contributed by atoms with Crippen molar-refractivity contribution in [3.05, 3.63) is 23.8 Å². The molecule has 0 bridgehead atoms. The maximum Gasteiger partial charge on any atom is 0.123 e. The lowest BCUT2D eigenvalue weighted by Crippen LogP contribution is -2.50. The molecular formula is C14H19NO2. The Labute approximate surface area is 102 Å². The van der Waals surface area contributed by atoms with Crippen LogP contribution >= 0.6 is 0 Å². The molecule has 2 aliphatic heterocycles. The van der Waals surface area contributed by atoms with Crippen LogP contribution in [0.15, 0.2) is 18.2 Å². The van der Waals surface area contributed by atoms with Crippen LogP contribution < -0.4 is 14.8 Å². The fourth-order valence-electron chi connectivity index (χ4n) is 2.25. The van der Waals surface area contributed by atoms with Gasteiger partial charge >= 0.3 is 0 Å². The molecule has 1 aromatic rings. The van der Waals surface area contributed by atoms with Crippen LogP contribution in [0, 0.1) is 0 Å². The minimum Gasteiger partial charge on any atom is -0.488 e. The van der Waals surface area contributed by atoms with Crippen LogP contribution in [0.2, 0.25) is 0 Å². The van der Waals surface area contributed by atoms with Crippen molar-refractivity contribution in [1.82, 2.24) is 5.32 Å². The number of nitrogens with one attached hydrogen (secondary N) is 1. The Morgan fingerprint density at radius 3 is 2.88 bits per heavy atom. The molecule has 0 unspecified atom stereocenters. The Kier molecular flexibility index (Phi) is 2.51. The highest BCUT2D eigenvalue weighted by Gasteiger charge is 2.27. The molecule has 0 saturated carbocycles. The smallest absolute Gasteiger partial charge is 0.123 e. The van der Waals surface area contributed by atoms with Crippen molar-refractivity contribution < 1.29 is 9.47 Å². The Balaban J connectivity index is 1.77. The lowest BCUT2D eigenvalue weighted by Gasteiger charge is -2.33. The number of hydrogen-bond acceptors (Lipinski definition) is 3. The van der Waals surface area contributed by atoms with E-state index in [1.54, 1.807) is 0 Å². The van der Waals surface area contributed by atoms with Gasteiger partial charge in [0.25, 0.3) is 0 Å². The van der Waals surface area contributed by atoms with Gasteiger partial charge < -0.3 is 14.8 Å². The fourth-order valence-corrected chi connectivity index (χ4v) is 2.25. The molecule has 1 aromatic carbocycles. The van der Waals surface area contributed by atoms with E-state index in [9.17, 15) is 0 Å². The summed E-state index contributed by atoms with van der Waals surface area (Å²) in [6.07, 6.45) is 2.48. The third kappa shape index (κ3) is 2.25.